The van der Waals surface area contributed by atoms with Crippen LogP contribution in [0.15, 0.2) is 48.5 Å². The molecule has 1 aliphatic rings. The molecule has 2 aromatic rings. The van der Waals surface area contributed by atoms with E-state index in [-0.39, 0.29) is 24.1 Å². The van der Waals surface area contributed by atoms with Gasteiger partial charge in [0.15, 0.2) is 0 Å². The van der Waals surface area contributed by atoms with Crippen molar-refractivity contribution >= 4 is 17.5 Å². The summed E-state index contributed by atoms with van der Waals surface area (Å²) in [6, 6.07) is 14.0. The molecule has 1 heterocycles. The van der Waals surface area contributed by atoms with Gasteiger partial charge in [0.2, 0.25) is 11.8 Å². The molecule has 1 aliphatic heterocycles. The Balaban J connectivity index is 1.38. The molecule has 0 radical (unpaired) electrons. The molecule has 0 atom stereocenters. The average Bonchev–Trinajstić information content (AvgIpc) is 2.75. The third-order valence-corrected chi connectivity index (χ3v) is 5.03. The zero-order chi connectivity index (χ0) is 20.6. The SMILES string of the molecule is COc1ccc(N2CCN(C(=O)CC(=O)NCCc3ccc(F)cc3)CC2)cc1. The number of nitrogens with one attached hydrogen (secondary N) is 1. The summed E-state index contributed by atoms with van der Waals surface area (Å²) in [5, 5.41) is 2.76. The van der Waals surface area contributed by atoms with Crippen molar-refractivity contribution in [2.24, 2.45) is 0 Å². The lowest BCUT2D eigenvalue weighted by Crippen LogP contribution is -2.49. The topological polar surface area (TPSA) is 61.9 Å². The lowest BCUT2D eigenvalue weighted by atomic mass is 10.1. The minimum atomic E-state index is -0.283. The number of hydrogen-bond acceptors (Lipinski definition) is 4. The quantitative estimate of drug-likeness (QED) is 0.726. The summed E-state index contributed by atoms with van der Waals surface area (Å²) >= 11 is 0. The maximum atomic E-state index is 12.9. The smallest absolute Gasteiger partial charge is 0.232 e. The molecular formula is C22H26FN3O3. The van der Waals surface area contributed by atoms with E-state index in [9.17, 15) is 14.0 Å². The number of ether oxygens (including phenoxy) is 1. The van der Waals surface area contributed by atoms with Gasteiger partial charge in [-0.05, 0) is 48.4 Å². The Labute approximate surface area is 170 Å². The molecule has 0 saturated carbocycles. The summed E-state index contributed by atoms with van der Waals surface area (Å²) in [6.07, 6.45) is 0.451. The van der Waals surface area contributed by atoms with Crippen LogP contribution < -0.4 is 15.0 Å². The molecule has 154 valence electrons. The Kier molecular flexibility index (Phi) is 7.05. The maximum absolute atomic E-state index is 12.9. The number of halogens is 1. The second-order valence-corrected chi connectivity index (χ2v) is 6.97. The second kappa shape index (κ2) is 9.91. The van der Waals surface area contributed by atoms with E-state index in [1.807, 2.05) is 24.3 Å². The Morgan fingerprint density at radius 1 is 1.00 bits per heavy atom. The predicted octanol–water partition coefficient (Wildman–Crippen LogP) is 2.23. The van der Waals surface area contributed by atoms with Gasteiger partial charge in [0.05, 0.1) is 7.11 Å². The van der Waals surface area contributed by atoms with Crippen molar-refractivity contribution in [2.75, 3.05) is 44.7 Å². The van der Waals surface area contributed by atoms with Crippen molar-refractivity contribution in [3.8, 4) is 5.75 Å². The van der Waals surface area contributed by atoms with Crippen LogP contribution in [0.1, 0.15) is 12.0 Å². The Hall–Kier alpha value is -3.09. The molecule has 2 aromatic carbocycles. The van der Waals surface area contributed by atoms with E-state index < -0.39 is 0 Å². The average molecular weight is 399 g/mol. The van der Waals surface area contributed by atoms with Gasteiger partial charge in [-0.15, -0.1) is 0 Å². The highest BCUT2D eigenvalue weighted by atomic mass is 19.1. The molecule has 0 bridgehead atoms. The first-order chi connectivity index (χ1) is 14.0. The fourth-order valence-corrected chi connectivity index (χ4v) is 3.32. The highest BCUT2D eigenvalue weighted by Crippen LogP contribution is 2.20. The van der Waals surface area contributed by atoms with Crippen LogP contribution in [0.2, 0.25) is 0 Å². The Morgan fingerprint density at radius 3 is 2.28 bits per heavy atom. The number of amides is 2. The lowest BCUT2D eigenvalue weighted by molar-refractivity contribution is -0.136. The van der Waals surface area contributed by atoms with Gasteiger partial charge in [-0.2, -0.15) is 0 Å². The molecule has 0 unspecified atom stereocenters. The van der Waals surface area contributed by atoms with Gasteiger partial charge >= 0.3 is 0 Å². The summed E-state index contributed by atoms with van der Waals surface area (Å²) in [6.45, 7) is 3.05. The number of hydrogen-bond donors (Lipinski definition) is 1. The summed E-state index contributed by atoms with van der Waals surface area (Å²) in [4.78, 5) is 28.4. The van der Waals surface area contributed by atoms with Crippen LogP contribution in [0, 0.1) is 5.82 Å². The Morgan fingerprint density at radius 2 is 1.66 bits per heavy atom. The third-order valence-electron chi connectivity index (χ3n) is 5.03. The fraction of sp³-hybridized carbons (Fsp3) is 0.364. The van der Waals surface area contributed by atoms with Crippen molar-refractivity contribution in [3.63, 3.8) is 0 Å². The number of rotatable bonds is 7. The van der Waals surface area contributed by atoms with E-state index in [0.717, 1.165) is 30.1 Å². The number of nitrogens with zero attached hydrogens (tertiary/aromatic N) is 2. The number of anilines is 1. The minimum Gasteiger partial charge on any atom is -0.497 e. The van der Waals surface area contributed by atoms with Crippen LogP contribution in [0.5, 0.6) is 5.75 Å². The molecule has 0 spiro atoms. The lowest BCUT2D eigenvalue weighted by Gasteiger charge is -2.36. The van der Waals surface area contributed by atoms with Gasteiger partial charge in [-0.25, -0.2) is 4.39 Å². The first-order valence-electron chi connectivity index (χ1n) is 9.73. The Bertz CT molecular complexity index is 816. The van der Waals surface area contributed by atoms with E-state index in [2.05, 4.69) is 10.2 Å². The standard InChI is InChI=1S/C22H26FN3O3/c1-29-20-8-6-19(7-9-20)25-12-14-26(15-13-25)22(28)16-21(27)24-11-10-17-2-4-18(23)5-3-17/h2-9H,10-16H2,1H3,(H,24,27). The van der Waals surface area contributed by atoms with Crippen LogP contribution in [0.25, 0.3) is 0 Å². The normalized spacial score (nSPS) is 13.9. The van der Waals surface area contributed by atoms with Crippen LogP contribution in [0.4, 0.5) is 10.1 Å². The zero-order valence-corrected chi connectivity index (χ0v) is 16.6. The summed E-state index contributed by atoms with van der Waals surface area (Å²) in [5.41, 5.74) is 2.03. The monoisotopic (exact) mass is 399 g/mol. The molecule has 2 amide bonds. The number of benzene rings is 2. The van der Waals surface area contributed by atoms with E-state index in [4.69, 9.17) is 4.74 Å². The van der Waals surface area contributed by atoms with Crippen molar-refractivity contribution in [3.05, 3.63) is 59.9 Å². The molecule has 1 fully saturated rings. The minimum absolute atomic E-state index is 0.147. The summed E-state index contributed by atoms with van der Waals surface area (Å²) in [5.74, 6) is 0.0943. The molecule has 1 N–H and O–H groups in total. The molecule has 0 aromatic heterocycles. The van der Waals surface area contributed by atoms with Gasteiger partial charge in [-0.3, -0.25) is 9.59 Å². The van der Waals surface area contributed by atoms with E-state index in [0.29, 0.717) is 26.1 Å². The van der Waals surface area contributed by atoms with Crippen molar-refractivity contribution in [1.82, 2.24) is 10.2 Å². The van der Waals surface area contributed by atoms with Crippen LogP contribution in [-0.4, -0.2) is 56.5 Å². The molecule has 3 rings (SSSR count). The number of carbonyl (C=O) groups is 2. The molecule has 0 aliphatic carbocycles. The molecule has 6 nitrogen and oxygen atoms in total. The van der Waals surface area contributed by atoms with Crippen LogP contribution in [-0.2, 0) is 16.0 Å². The number of methoxy groups -OCH3 is 1. The van der Waals surface area contributed by atoms with Crippen molar-refractivity contribution in [1.29, 1.82) is 0 Å². The maximum Gasteiger partial charge on any atom is 0.232 e. The summed E-state index contributed by atoms with van der Waals surface area (Å²) in [7, 11) is 1.64. The fourth-order valence-electron chi connectivity index (χ4n) is 3.32. The van der Waals surface area contributed by atoms with Gasteiger partial charge in [-0.1, -0.05) is 12.1 Å². The zero-order valence-electron chi connectivity index (χ0n) is 16.6. The first kappa shape index (κ1) is 20.6. The largest absolute Gasteiger partial charge is 0.497 e. The predicted molar refractivity (Wildman–Crippen MR) is 110 cm³/mol. The molecular weight excluding hydrogens is 373 g/mol. The molecule has 29 heavy (non-hydrogen) atoms. The van der Waals surface area contributed by atoms with E-state index in [1.165, 1.54) is 12.1 Å². The van der Waals surface area contributed by atoms with Gasteiger partial charge in [0.1, 0.15) is 18.0 Å². The van der Waals surface area contributed by atoms with Gasteiger partial charge in [0.25, 0.3) is 0 Å². The highest BCUT2D eigenvalue weighted by molar-refractivity contribution is 5.97. The third kappa shape index (κ3) is 5.94. The first-order valence-corrected chi connectivity index (χ1v) is 9.73. The van der Waals surface area contributed by atoms with Crippen LogP contribution >= 0.6 is 0 Å². The number of piperazine rings is 1. The van der Waals surface area contributed by atoms with Crippen molar-refractivity contribution in [2.45, 2.75) is 12.8 Å². The van der Waals surface area contributed by atoms with E-state index in [1.54, 1.807) is 24.1 Å². The molecule has 1 saturated heterocycles. The van der Waals surface area contributed by atoms with Gasteiger partial charge in [0, 0.05) is 38.4 Å². The second-order valence-electron chi connectivity index (χ2n) is 6.97. The van der Waals surface area contributed by atoms with Crippen molar-refractivity contribution < 1.29 is 18.7 Å². The van der Waals surface area contributed by atoms with E-state index >= 15 is 0 Å². The number of carbonyl (C=O) groups excluding carboxylic acids is 2. The van der Waals surface area contributed by atoms with Gasteiger partial charge < -0.3 is 19.9 Å². The summed E-state index contributed by atoms with van der Waals surface area (Å²) < 4.78 is 18.1. The van der Waals surface area contributed by atoms with Crippen LogP contribution in [0.3, 0.4) is 0 Å². The molecule has 7 heteroatoms. The highest BCUT2D eigenvalue weighted by Gasteiger charge is 2.22.